The van der Waals surface area contributed by atoms with Crippen molar-refractivity contribution in [1.29, 1.82) is 0 Å². The van der Waals surface area contributed by atoms with E-state index in [0.717, 1.165) is 0 Å². The monoisotopic (exact) mass is 189 g/mol. The van der Waals surface area contributed by atoms with E-state index in [1.165, 1.54) is 16.8 Å². The zero-order chi connectivity index (χ0) is 9.10. The van der Waals surface area contributed by atoms with Crippen molar-refractivity contribution in [3.63, 3.8) is 0 Å². The highest BCUT2D eigenvalue weighted by atomic mass is 32.2. The molecular formula is C11H11NS. The van der Waals surface area contributed by atoms with Crippen LogP contribution in [0.3, 0.4) is 0 Å². The first-order chi connectivity index (χ1) is 6.36. The van der Waals surface area contributed by atoms with Gasteiger partial charge in [-0.25, -0.2) is 0 Å². The summed E-state index contributed by atoms with van der Waals surface area (Å²) < 4.78 is 3.25. The normalized spacial score (nSPS) is 15.0. The molecule has 0 atom stereocenters. The molecule has 0 radical (unpaired) electrons. The van der Waals surface area contributed by atoms with E-state index in [1.807, 2.05) is 5.41 Å². The Labute approximate surface area is 82.7 Å². The number of allylic oxidation sites excluding steroid dienone is 2. The lowest BCUT2D eigenvalue weighted by Crippen LogP contribution is -2.03. The second-order valence-corrected chi connectivity index (χ2v) is 3.71. The molecule has 0 unspecified atom stereocenters. The number of hydrogen-bond donors (Lipinski definition) is 1. The Bertz CT molecular complexity index is 366. The summed E-state index contributed by atoms with van der Waals surface area (Å²) in [6.45, 7) is 2.11. The molecule has 2 heteroatoms. The van der Waals surface area contributed by atoms with Gasteiger partial charge in [0.25, 0.3) is 0 Å². The number of benzene rings is 1. The van der Waals surface area contributed by atoms with Gasteiger partial charge in [-0.3, -0.25) is 0 Å². The minimum atomic E-state index is 1.18. The fourth-order valence-electron chi connectivity index (χ4n) is 1.27. The van der Waals surface area contributed by atoms with Crippen LogP contribution < -0.4 is 4.72 Å². The zero-order valence-electron chi connectivity index (χ0n) is 7.45. The lowest BCUT2D eigenvalue weighted by Gasteiger charge is -2.11. The Morgan fingerprint density at radius 1 is 1.31 bits per heavy atom. The second kappa shape index (κ2) is 3.71. The van der Waals surface area contributed by atoms with Crippen LogP contribution in [0.4, 0.5) is 0 Å². The first-order valence-electron chi connectivity index (χ1n) is 4.22. The van der Waals surface area contributed by atoms with Gasteiger partial charge in [0.15, 0.2) is 0 Å². The van der Waals surface area contributed by atoms with Gasteiger partial charge in [-0.1, -0.05) is 29.8 Å². The zero-order valence-corrected chi connectivity index (χ0v) is 8.27. The molecule has 1 aromatic rings. The molecule has 1 heterocycles. The molecule has 1 aliphatic rings. The van der Waals surface area contributed by atoms with E-state index in [0.29, 0.717) is 0 Å². The van der Waals surface area contributed by atoms with E-state index >= 15 is 0 Å². The molecule has 0 aliphatic carbocycles. The number of rotatable bonds is 1. The number of aryl methyl sites for hydroxylation is 1. The standard InChI is InChI=1S/C11H11NS/c1-9-4-2-5-10(8-9)11-6-3-7-13-12-11/h2-8,12H,1H3. The molecule has 13 heavy (non-hydrogen) atoms. The fraction of sp³-hybridized carbons (Fsp3) is 0.0909. The number of hydrogen-bond acceptors (Lipinski definition) is 2. The van der Waals surface area contributed by atoms with Gasteiger partial charge in [0.05, 0.1) is 5.70 Å². The largest absolute Gasteiger partial charge is 0.326 e. The molecule has 2 rings (SSSR count). The molecule has 1 nitrogen and oxygen atoms in total. The third kappa shape index (κ3) is 1.95. The Kier molecular flexibility index (Phi) is 2.41. The molecule has 0 saturated carbocycles. The summed E-state index contributed by atoms with van der Waals surface area (Å²) in [7, 11) is 0. The smallest absolute Gasteiger partial charge is 0.0516 e. The topological polar surface area (TPSA) is 12.0 Å². The third-order valence-corrected chi connectivity index (χ3v) is 2.54. The fourth-order valence-corrected chi connectivity index (χ4v) is 1.81. The van der Waals surface area contributed by atoms with Crippen molar-refractivity contribution in [2.75, 3.05) is 0 Å². The molecule has 0 saturated heterocycles. The highest BCUT2D eigenvalue weighted by molar-refractivity contribution is 8.00. The Balaban J connectivity index is 2.34. The van der Waals surface area contributed by atoms with E-state index in [9.17, 15) is 0 Å². The second-order valence-electron chi connectivity index (χ2n) is 3.00. The maximum atomic E-state index is 3.25. The summed E-state index contributed by atoms with van der Waals surface area (Å²) in [5.74, 6) is 0. The predicted octanol–water partition coefficient (Wildman–Crippen LogP) is 3.10. The Hall–Kier alpha value is -1.15. The summed E-state index contributed by atoms with van der Waals surface area (Å²) in [4.78, 5) is 0. The van der Waals surface area contributed by atoms with Crippen LogP contribution in [-0.2, 0) is 0 Å². The Morgan fingerprint density at radius 3 is 2.92 bits per heavy atom. The van der Waals surface area contributed by atoms with Crippen LogP contribution in [0.15, 0.2) is 41.8 Å². The van der Waals surface area contributed by atoms with Gasteiger partial charge in [0.2, 0.25) is 0 Å². The van der Waals surface area contributed by atoms with Crippen LogP contribution in [0, 0.1) is 6.92 Å². The lowest BCUT2D eigenvalue weighted by atomic mass is 10.1. The molecule has 0 bridgehead atoms. The van der Waals surface area contributed by atoms with E-state index in [1.54, 1.807) is 11.9 Å². The summed E-state index contributed by atoms with van der Waals surface area (Å²) in [5.41, 5.74) is 3.72. The maximum Gasteiger partial charge on any atom is 0.0516 e. The highest BCUT2D eigenvalue weighted by Gasteiger charge is 2.01. The predicted molar refractivity (Wildman–Crippen MR) is 59.0 cm³/mol. The van der Waals surface area contributed by atoms with Crippen molar-refractivity contribution in [2.45, 2.75) is 6.92 Å². The lowest BCUT2D eigenvalue weighted by molar-refractivity contribution is 1.37. The van der Waals surface area contributed by atoms with E-state index in [-0.39, 0.29) is 0 Å². The number of nitrogens with one attached hydrogen (secondary N) is 1. The molecule has 66 valence electrons. The summed E-state index contributed by atoms with van der Waals surface area (Å²) in [6, 6.07) is 8.48. The maximum absolute atomic E-state index is 3.25. The van der Waals surface area contributed by atoms with Gasteiger partial charge in [0.1, 0.15) is 0 Å². The first kappa shape index (κ1) is 8.45. The molecule has 0 spiro atoms. The third-order valence-electron chi connectivity index (χ3n) is 1.91. The van der Waals surface area contributed by atoms with Crippen molar-refractivity contribution in [3.8, 4) is 0 Å². The van der Waals surface area contributed by atoms with Crippen molar-refractivity contribution in [1.82, 2.24) is 4.72 Å². The molecule has 0 amide bonds. The van der Waals surface area contributed by atoms with Crippen molar-refractivity contribution in [2.24, 2.45) is 0 Å². The van der Waals surface area contributed by atoms with Crippen LogP contribution in [0.25, 0.3) is 5.70 Å². The van der Waals surface area contributed by atoms with E-state index in [2.05, 4.69) is 48.1 Å². The SMILES string of the molecule is Cc1cccc(C2=CC=CSN2)c1. The van der Waals surface area contributed by atoms with Crippen LogP contribution in [0.5, 0.6) is 0 Å². The van der Waals surface area contributed by atoms with Gasteiger partial charge in [0, 0.05) is 0 Å². The van der Waals surface area contributed by atoms with E-state index < -0.39 is 0 Å². The quantitative estimate of drug-likeness (QED) is 0.681. The van der Waals surface area contributed by atoms with Gasteiger partial charge < -0.3 is 4.72 Å². The van der Waals surface area contributed by atoms with E-state index in [4.69, 9.17) is 0 Å². The molecule has 0 fully saturated rings. The van der Waals surface area contributed by atoms with Gasteiger partial charge in [-0.05, 0) is 42.0 Å². The minimum Gasteiger partial charge on any atom is -0.326 e. The van der Waals surface area contributed by atoms with Crippen LogP contribution in [0.2, 0.25) is 0 Å². The minimum absolute atomic E-state index is 1.18. The van der Waals surface area contributed by atoms with Gasteiger partial charge in [-0.2, -0.15) is 0 Å². The average Bonchev–Trinajstić information content (AvgIpc) is 2.19. The van der Waals surface area contributed by atoms with Crippen LogP contribution >= 0.6 is 11.9 Å². The van der Waals surface area contributed by atoms with Crippen molar-refractivity contribution < 1.29 is 0 Å². The van der Waals surface area contributed by atoms with Crippen LogP contribution in [-0.4, -0.2) is 0 Å². The highest BCUT2D eigenvalue weighted by Crippen LogP contribution is 2.19. The van der Waals surface area contributed by atoms with Gasteiger partial charge >= 0.3 is 0 Å². The van der Waals surface area contributed by atoms with Gasteiger partial charge in [-0.15, -0.1) is 0 Å². The summed E-state index contributed by atoms with van der Waals surface area (Å²) >= 11 is 1.60. The molecular weight excluding hydrogens is 178 g/mol. The van der Waals surface area contributed by atoms with Crippen molar-refractivity contribution in [3.05, 3.63) is 53.0 Å². The van der Waals surface area contributed by atoms with Crippen LogP contribution in [0.1, 0.15) is 11.1 Å². The molecule has 0 aromatic heterocycles. The Morgan fingerprint density at radius 2 is 2.23 bits per heavy atom. The first-order valence-corrected chi connectivity index (χ1v) is 5.10. The molecule has 1 aliphatic heterocycles. The summed E-state index contributed by atoms with van der Waals surface area (Å²) in [6.07, 6.45) is 4.14. The average molecular weight is 189 g/mol. The summed E-state index contributed by atoms with van der Waals surface area (Å²) in [5, 5.41) is 2.03. The molecule has 1 aromatic carbocycles. The molecule has 1 N–H and O–H groups in total. The van der Waals surface area contributed by atoms with Crippen molar-refractivity contribution >= 4 is 17.6 Å².